The molecule has 2 aromatic carbocycles. The van der Waals surface area contributed by atoms with Gasteiger partial charge in [0.15, 0.2) is 0 Å². The van der Waals surface area contributed by atoms with E-state index in [0.29, 0.717) is 6.54 Å². The van der Waals surface area contributed by atoms with Crippen LogP contribution in [0.25, 0.3) is 10.9 Å². The molecule has 1 aliphatic heterocycles. The molecule has 4 rings (SSSR count). The Hall–Kier alpha value is -2.07. The van der Waals surface area contributed by atoms with Crippen LogP contribution >= 0.6 is 15.9 Å². The first-order valence-corrected chi connectivity index (χ1v) is 8.54. The summed E-state index contributed by atoms with van der Waals surface area (Å²) in [6, 6.07) is 16.1. The van der Waals surface area contributed by atoms with Gasteiger partial charge in [-0.1, -0.05) is 34.1 Å². The average Bonchev–Trinajstić information content (AvgIpc) is 2.88. The molecule has 2 heterocycles. The van der Waals surface area contributed by atoms with Crippen molar-refractivity contribution in [1.82, 2.24) is 9.47 Å². The summed E-state index contributed by atoms with van der Waals surface area (Å²) in [6.45, 7) is 1.45. The van der Waals surface area contributed by atoms with Crippen molar-refractivity contribution in [2.24, 2.45) is 7.05 Å². The van der Waals surface area contributed by atoms with Crippen LogP contribution in [0, 0.1) is 0 Å². The van der Waals surface area contributed by atoms with E-state index in [9.17, 15) is 4.79 Å². The van der Waals surface area contributed by atoms with Crippen molar-refractivity contribution in [2.45, 2.75) is 13.0 Å². The van der Waals surface area contributed by atoms with Crippen LogP contribution in [0.2, 0.25) is 0 Å². The molecule has 23 heavy (non-hydrogen) atoms. The fourth-order valence-electron chi connectivity index (χ4n) is 3.46. The SMILES string of the molecule is Cn1c2c(c3ccccc31)CCN(C(=O)c1ccc(Br)cc1)C2. The molecule has 0 saturated carbocycles. The Bertz CT molecular complexity index is 896. The molecule has 0 atom stereocenters. The molecular formula is C19H17BrN2O. The number of benzene rings is 2. The summed E-state index contributed by atoms with van der Waals surface area (Å²) in [6.07, 6.45) is 0.916. The van der Waals surface area contributed by atoms with Gasteiger partial charge in [-0.2, -0.15) is 0 Å². The van der Waals surface area contributed by atoms with Crippen LogP contribution < -0.4 is 0 Å². The molecule has 0 spiro atoms. The van der Waals surface area contributed by atoms with Crippen LogP contribution in [0.1, 0.15) is 21.6 Å². The van der Waals surface area contributed by atoms with Gasteiger partial charge < -0.3 is 9.47 Å². The maximum atomic E-state index is 12.7. The number of nitrogens with zero attached hydrogens (tertiary/aromatic N) is 2. The van der Waals surface area contributed by atoms with Gasteiger partial charge in [-0.25, -0.2) is 0 Å². The van der Waals surface area contributed by atoms with Gasteiger partial charge in [-0.05, 0) is 42.3 Å². The molecule has 4 heteroatoms. The molecule has 0 radical (unpaired) electrons. The zero-order valence-corrected chi connectivity index (χ0v) is 14.5. The second kappa shape index (κ2) is 5.53. The number of aromatic nitrogens is 1. The van der Waals surface area contributed by atoms with Crippen LogP contribution in [0.15, 0.2) is 53.0 Å². The lowest BCUT2D eigenvalue weighted by Crippen LogP contribution is -2.36. The number of hydrogen-bond donors (Lipinski definition) is 0. The molecule has 1 aromatic heterocycles. The third kappa shape index (κ3) is 2.38. The number of rotatable bonds is 1. The van der Waals surface area contributed by atoms with Crippen LogP contribution in [0.5, 0.6) is 0 Å². The van der Waals surface area contributed by atoms with E-state index in [1.165, 1.54) is 22.2 Å². The minimum Gasteiger partial charge on any atom is -0.346 e. The van der Waals surface area contributed by atoms with E-state index in [4.69, 9.17) is 0 Å². The molecular weight excluding hydrogens is 352 g/mol. The minimum absolute atomic E-state index is 0.105. The fourth-order valence-corrected chi connectivity index (χ4v) is 3.72. The van der Waals surface area contributed by atoms with E-state index in [0.717, 1.165) is 23.0 Å². The quantitative estimate of drug-likeness (QED) is 0.633. The summed E-state index contributed by atoms with van der Waals surface area (Å²) in [5.41, 5.74) is 4.64. The topological polar surface area (TPSA) is 25.2 Å². The summed E-state index contributed by atoms with van der Waals surface area (Å²) in [5, 5.41) is 1.32. The Balaban J connectivity index is 1.69. The smallest absolute Gasteiger partial charge is 0.254 e. The highest BCUT2D eigenvalue weighted by Gasteiger charge is 2.26. The van der Waals surface area contributed by atoms with Gasteiger partial charge >= 0.3 is 0 Å². The van der Waals surface area contributed by atoms with Crippen LogP contribution in [0.4, 0.5) is 0 Å². The molecule has 1 aliphatic rings. The van der Waals surface area contributed by atoms with E-state index in [1.807, 2.05) is 29.2 Å². The highest BCUT2D eigenvalue weighted by molar-refractivity contribution is 9.10. The molecule has 1 amide bonds. The second-order valence-electron chi connectivity index (χ2n) is 5.99. The predicted molar refractivity (Wildman–Crippen MR) is 95.5 cm³/mol. The van der Waals surface area contributed by atoms with Crippen molar-refractivity contribution in [3.8, 4) is 0 Å². The Morgan fingerprint density at radius 3 is 2.61 bits per heavy atom. The second-order valence-corrected chi connectivity index (χ2v) is 6.90. The number of para-hydroxylation sites is 1. The Kier molecular flexibility index (Phi) is 3.49. The Morgan fingerprint density at radius 1 is 1.09 bits per heavy atom. The molecule has 116 valence electrons. The molecule has 0 saturated heterocycles. The fraction of sp³-hybridized carbons (Fsp3) is 0.211. The number of aryl methyl sites for hydroxylation is 1. The van der Waals surface area contributed by atoms with Gasteiger partial charge in [0.05, 0.1) is 6.54 Å². The van der Waals surface area contributed by atoms with Gasteiger partial charge in [0.1, 0.15) is 0 Å². The average molecular weight is 369 g/mol. The summed E-state index contributed by atoms with van der Waals surface area (Å²) in [7, 11) is 2.09. The molecule has 0 N–H and O–H groups in total. The number of hydrogen-bond acceptors (Lipinski definition) is 1. The van der Waals surface area contributed by atoms with Crippen molar-refractivity contribution < 1.29 is 4.79 Å². The highest BCUT2D eigenvalue weighted by Crippen LogP contribution is 2.30. The first-order valence-electron chi connectivity index (χ1n) is 7.75. The monoisotopic (exact) mass is 368 g/mol. The first-order chi connectivity index (χ1) is 11.1. The predicted octanol–water partition coefficient (Wildman–Crippen LogP) is 4.14. The number of carbonyl (C=O) groups excluding carboxylic acids is 1. The number of carbonyl (C=O) groups is 1. The van der Waals surface area contributed by atoms with E-state index in [2.05, 4.69) is 51.8 Å². The first kappa shape index (κ1) is 14.5. The lowest BCUT2D eigenvalue weighted by Gasteiger charge is -2.28. The molecule has 0 bridgehead atoms. The van der Waals surface area contributed by atoms with Crippen molar-refractivity contribution >= 4 is 32.7 Å². The molecule has 0 aliphatic carbocycles. The van der Waals surface area contributed by atoms with Gasteiger partial charge in [0, 0.05) is 40.2 Å². The van der Waals surface area contributed by atoms with Gasteiger partial charge in [0.25, 0.3) is 5.91 Å². The zero-order chi connectivity index (χ0) is 16.0. The lowest BCUT2D eigenvalue weighted by molar-refractivity contribution is 0.0731. The minimum atomic E-state index is 0.105. The van der Waals surface area contributed by atoms with E-state index in [-0.39, 0.29) is 5.91 Å². The molecule has 3 nitrogen and oxygen atoms in total. The summed E-state index contributed by atoms with van der Waals surface area (Å²) in [5.74, 6) is 0.105. The third-order valence-electron chi connectivity index (χ3n) is 4.69. The largest absolute Gasteiger partial charge is 0.346 e. The van der Waals surface area contributed by atoms with E-state index < -0.39 is 0 Å². The zero-order valence-electron chi connectivity index (χ0n) is 12.9. The number of halogens is 1. The summed E-state index contributed by atoms with van der Waals surface area (Å²) >= 11 is 3.41. The summed E-state index contributed by atoms with van der Waals surface area (Å²) in [4.78, 5) is 14.7. The molecule has 0 unspecified atom stereocenters. The maximum Gasteiger partial charge on any atom is 0.254 e. The van der Waals surface area contributed by atoms with E-state index in [1.54, 1.807) is 0 Å². The number of fused-ring (bicyclic) bond motifs is 3. The van der Waals surface area contributed by atoms with Crippen molar-refractivity contribution in [3.05, 3.63) is 69.8 Å². The lowest BCUT2D eigenvalue weighted by atomic mass is 10.0. The van der Waals surface area contributed by atoms with Gasteiger partial charge in [-0.3, -0.25) is 4.79 Å². The van der Waals surface area contributed by atoms with Crippen LogP contribution in [-0.4, -0.2) is 21.9 Å². The van der Waals surface area contributed by atoms with Crippen LogP contribution in [0.3, 0.4) is 0 Å². The standard InChI is InChI=1S/C19H17BrN2O/c1-21-17-5-3-2-4-15(17)16-10-11-22(12-18(16)21)19(23)13-6-8-14(20)9-7-13/h2-9H,10-12H2,1H3. The molecule has 3 aromatic rings. The van der Waals surface area contributed by atoms with Crippen molar-refractivity contribution in [1.29, 1.82) is 0 Å². The van der Waals surface area contributed by atoms with Crippen molar-refractivity contribution in [2.75, 3.05) is 6.54 Å². The summed E-state index contributed by atoms with van der Waals surface area (Å²) < 4.78 is 3.22. The van der Waals surface area contributed by atoms with E-state index >= 15 is 0 Å². The third-order valence-corrected chi connectivity index (χ3v) is 5.22. The van der Waals surface area contributed by atoms with Crippen LogP contribution in [-0.2, 0) is 20.0 Å². The number of amides is 1. The Labute approximate surface area is 143 Å². The Morgan fingerprint density at radius 2 is 1.83 bits per heavy atom. The normalized spacial score (nSPS) is 14.1. The van der Waals surface area contributed by atoms with Gasteiger partial charge in [0.2, 0.25) is 0 Å². The maximum absolute atomic E-state index is 12.7. The highest BCUT2D eigenvalue weighted by atomic mass is 79.9. The van der Waals surface area contributed by atoms with Crippen molar-refractivity contribution in [3.63, 3.8) is 0 Å². The molecule has 0 fully saturated rings. The van der Waals surface area contributed by atoms with Gasteiger partial charge in [-0.15, -0.1) is 0 Å².